The average Bonchev–Trinajstić information content (AvgIpc) is 2.43. The zero-order chi connectivity index (χ0) is 15.3. The van der Waals surface area contributed by atoms with E-state index in [1.165, 1.54) is 12.1 Å². The quantitative estimate of drug-likeness (QED) is 0.579. The zero-order valence-corrected chi connectivity index (χ0v) is 11.3. The van der Waals surface area contributed by atoms with Gasteiger partial charge in [-0.3, -0.25) is 20.2 Å². The molecule has 1 rings (SSSR count). The van der Waals surface area contributed by atoms with Gasteiger partial charge in [-0.25, -0.2) is 0 Å². The standard InChI is InChI=1S/C12H17N3O5/c1-8(7-16)9(2)13-6-10-3-4-11(14(17)18)5-12(10)15(19)20/h3-5,8-9,13,16H,6-7H2,1-2H3. The van der Waals surface area contributed by atoms with Crippen LogP contribution in [0.4, 0.5) is 11.4 Å². The Kier molecular flexibility index (Phi) is 5.53. The summed E-state index contributed by atoms with van der Waals surface area (Å²) in [7, 11) is 0. The van der Waals surface area contributed by atoms with E-state index in [1.807, 2.05) is 13.8 Å². The minimum atomic E-state index is -0.666. The lowest BCUT2D eigenvalue weighted by Gasteiger charge is -2.19. The Morgan fingerprint density at radius 2 is 1.90 bits per heavy atom. The van der Waals surface area contributed by atoms with E-state index < -0.39 is 9.85 Å². The Morgan fingerprint density at radius 3 is 2.40 bits per heavy atom. The van der Waals surface area contributed by atoms with Crippen LogP contribution in [0.25, 0.3) is 0 Å². The molecule has 8 nitrogen and oxygen atoms in total. The van der Waals surface area contributed by atoms with E-state index in [9.17, 15) is 20.2 Å². The summed E-state index contributed by atoms with van der Waals surface area (Å²) in [6.45, 7) is 3.93. The molecule has 20 heavy (non-hydrogen) atoms. The Balaban J connectivity index is 2.89. The van der Waals surface area contributed by atoms with E-state index >= 15 is 0 Å². The molecule has 2 atom stereocenters. The first-order valence-electron chi connectivity index (χ1n) is 6.12. The lowest BCUT2D eigenvalue weighted by Crippen LogP contribution is -2.33. The smallest absolute Gasteiger partial charge is 0.280 e. The number of rotatable bonds is 7. The molecule has 2 N–H and O–H groups in total. The van der Waals surface area contributed by atoms with Crippen LogP contribution in [0.5, 0.6) is 0 Å². The fraction of sp³-hybridized carbons (Fsp3) is 0.500. The van der Waals surface area contributed by atoms with Gasteiger partial charge in [0.1, 0.15) is 0 Å². The van der Waals surface area contributed by atoms with E-state index in [2.05, 4.69) is 5.32 Å². The number of hydrogen-bond donors (Lipinski definition) is 2. The fourth-order valence-corrected chi connectivity index (χ4v) is 1.62. The van der Waals surface area contributed by atoms with Crippen LogP contribution in [0.3, 0.4) is 0 Å². The molecule has 0 saturated carbocycles. The van der Waals surface area contributed by atoms with Gasteiger partial charge in [-0.2, -0.15) is 0 Å². The molecule has 0 aliphatic heterocycles. The molecular formula is C12H17N3O5. The molecule has 110 valence electrons. The highest BCUT2D eigenvalue weighted by Crippen LogP contribution is 2.24. The summed E-state index contributed by atoms with van der Waals surface area (Å²) in [5.74, 6) is 0.00658. The van der Waals surface area contributed by atoms with Crippen molar-refractivity contribution in [3.05, 3.63) is 44.0 Å². The van der Waals surface area contributed by atoms with Crippen molar-refractivity contribution in [1.82, 2.24) is 5.32 Å². The summed E-state index contributed by atoms with van der Waals surface area (Å²) >= 11 is 0. The molecule has 0 saturated heterocycles. The maximum Gasteiger partial charge on any atom is 0.280 e. The molecule has 0 spiro atoms. The number of hydrogen-bond acceptors (Lipinski definition) is 6. The van der Waals surface area contributed by atoms with Gasteiger partial charge in [0.05, 0.1) is 15.9 Å². The van der Waals surface area contributed by atoms with Crippen molar-refractivity contribution in [1.29, 1.82) is 0 Å². The van der Waals surface area contributed by atoms with Gasteiger partial charge in [-0.1, -0.05) is 6.92 Å². The Bertz CT molecular complexity index is 506. The molecule has 0 aromatic heterocycles. The van der Waals surface area contributed by atoms with Crippen molar-refractivity contribution >= 4 is 11.4 Å². The van der Waals surface area contributed by atoms with Gasteiger partial charge in [0, 0.05) is 30.8 Å². The van der Waals surface area contributed by atoms with Crippen LogP contribution in [0.15, 0.2) is 18.2 Å². The van der Waals surface area contributed by atoms with Gasteiger partial charge in [0.25, 0.3) is 11.4 Å². The molecule has 0 bridgehead atoms. The fourth-order valence-electron chi connectivity index (χ4n) is 1.62. The summed E-state index contributed by atoms with van der Waals surface area (Å²) in [6.07, 6.45) is 0. The van der Waals surface area contributed by atoms with Crippen molar-refractivity contribution in [3.8, 4) is 0 Å². The number of benzene rings is 1. The maximum absolute atomic E-state index is 10.9. The molecule has 8 heteroatoms. The normalized spacial score (nSPS) is 13.8. The van der Waals surface area contributed by atoms with Gasteiger partial charge >= 0.3 is 0 Å². The van der Waals surface area contributed by atoms with Crippen LogP contribution >= 0.6 is 0 Å². The number of aliphatic hydroxyl groups is 1. The number of nitro groups is 2. The van der Waals surface area contributed by atoms with Crippen molar-refractivity contribution in [3.63, 3.8) is 0 Å². The summed E-state index contributed by atoms with van der Waals surface area (Å²) in [6, 6.07) is 3.54. The summed E-state index contributed by atoms with van der Waals surface area (Å²) in [4.78, 5) is 20.3. The third-order valence-electron chi connectivity index (χ3n) is 3.23. The highest BCUT2D eigenvalue weighted by atomic mass is 16.6. The molecule has 0 heterocycles. The van der Waals surface area contributed by atoms with Gasteiger partial charge < -0.3 is 10.4 Å². The highest BCUT2D eigenvalue weighted by Gasteiger charge is 2.20. The lowest BCUT2D eigenvalue weighted by molar-refractivity contribution is -0.394. The molecule has 1 aromatic rings. The average molecular weight is 283 g/mol. The van der Waals surface area contributed by atoms with E-state index in [4.69, 9.17) is 5.11 Å². The van der Waals surface area contributed by atoms with Crippen LogP contribution in [-0.2, 0) is 6.54 Å². The topological polar surface area (TPSA) is 119 Å². The van der Waals surface area contributed by atoms with Crippen molar-refractivity contribution < 1.29 is 15.0 Å². The highest BCUT2D eigenvalue weighted by molar-refractivity contribution is 5.49. The number of nitrogens with zero attached hydrogens (tertiary/aromatic N) is 2. The summed E-state index contributed by atoms with van der Waals surface area (Å²) in [5.41, 5.74) is -0.217. The predicted molar refractivity (Wildman–Crippen MR) is 72.3 cm³/mol. The molecule has 0 aliphatic rings. The molecule has 0 radical (unpaired) electrons. The number of nitrogens with one attached hydrogen (secondary N) is 1. The zero-order valence-electron chi connectivity index (χ0n) is 11.3. The molecule has 0 fully saturated rings. The summed E-state index contributed by atoms with van der Waals surface area (Å²) < 4.78 is 0. The van der Waals surface area contributed by atoms with E-state index in [1.54, 1.807) is 0 Å². The molecule has 2 unspecified atom stereocenters. The Hall–Kier alpha value is -2.06. The molecule has 0 amide bonds. The Morgan fingerprint density at radius 1 is 1.25 bits per heavy atom. The second-order valence-corrected chi connectivity index (χ2v) is 4.66. The minimum absolute atomic E-state index is 0.00658. The summed E-state index contributed by atoms with van der Waals surface area (Å²) in [5, 5.41) is 33.6. The third kappa shape index (κ3) is 3.97. The maximum atomic E-state index is 10.9. The largest absolute Gasteiger partial charge is 0.396 e. The van der Waals surface area contributed by atoms with Crippen LogP contribution < -0.4 is 5.32 Å². The van der Waals surface area contributed by atoms with Crippen LogP contribution in [0.1, 0.15) is 19.4 Å². The lowest BCUT2D eigenvalue weighted by atomic mass is 10.0. The van der Waals surface area contributed by atoms with Gasteiger partial charge in [0.15, 0.2) is 0 Å². The SMILES string of the molecule is CC(CO)C(C)NCc1ccc([N+](=O)[O-])cc1[N+](=O)[O-]. The first kappa shape index (κ1) is 16.0. The van der Waals surface area contributed by atoms with E-state index in [-0.39, 0.29) is 36.5 Å². The van der Waals surface area contributed by atoms with Crippen molar-refractivity contribution in [2.45, 2.75) is 26.4 Å². The predicted octanol–water partition coefficient (Wildman–Crippen LogP) is 1.61. The van der Waals surface area contributed by atoms with Gasteiger partial charge in [-0.05, 0) is 18.9 Å². The van der Waals surface area contributed by atoms with Crippen LogP contribution in [-0.4, -0.2) is 27.6 Å². The van der Waals surface area contributed by atoms with Crippen LogP contribution in [0.2, 0.25) is 0 Å². The monoisotopic (exact) mass is 283 g/mol. The molecular weight excluding hydrogens is 266 g/mol. The number of non-ortho nitro benzene ring substituents is 1. The first-order valence-corrected chi connectivity index (χ1v) is 6.12. The second-order valence-electron chi connectivity index (χ2n) is 4.66. The van der Waals surface area contributed by atoms with E-state index in [0.717, 1.165) is 6.07 Å². The van der Waals surface area contributed by atoms with E-state index in [0.29, 0.717) is 5.56 Å². The van der Waals surface area contributed by atoms with Crippen molar-refractivity contribution in [2.24, 2.45) is 5.92 Å². The van der Waals surface area contributed by atoms with Gasteiger partial charge in [0.2, 0.25) is 0 Å². The third-order valence-corrected chi connectivity index (χ3v) is 3.23. The van der Waals surface area contributed by atoms with Crippen LogP contribution in [0, 0.1) is 26.1 Å². The first-order chi connectivity index (χ1) is 9.36. The number of nitro benzene ring substituents is 2. The van der Waals surface area contributed by atoms with Crippen molar-refractivity contribution in [2.75, 3.05) is 6.61 Å². The molecule has 0 aliphatic carbocycles. The second kappa shape index (κ2) is 6.92. The molecule has 1 aromatic carbocycles. The minimum Gasteiger partial charge on any atom is -0.396 e. The Labute approximate surface area is 115 Å². The number of aliphatic hydroxyl groups excluding tert-OH is 1. The van der Waals surface area contributed by atoms with Gasteiger partial charge in [-0.15, -0.1) is 0 Å².